The zero-order chi connectivity index (χ0) is 9.68. The zero-order valence-corrected chi connectivity index (χ0v) is 8.36. The van der Waals surface area contributed by atoms with Gasteiger partial charge < -0.3 is 5.11 Å². The first-order valence-electron chi connectivity index (χ1n) is 3.77. The maximum absolute atomic E-state index is 9.11. The Morgan fingerprint density at radius 1 is 1.38 bits per heavy atom. The van der Waals surface area contributed by atoms with E-state index in [2.05, 4.69) is 11.8 Å². The van der Waals surface area contributed by atoms with E-state index < -0.39 is 0 Å². The summed E-state index contributed by atoms with van der Waals surface area (Å²) in [5.74, 6) is 6.36. The van der Waals surface area contributed by atoms with Crippen LogP contribution in [0.15, 0.2) is 18.2 Å². The van der Waals surface area contributed by atoms with Crippen molar-refractivity contribution in [3.63, 3.8) is 0 Å². The lowest BCUT2D eigenvalue weighted by atomic mass is 10.2. The highest BCUT2D eigenvalue weighted by atomic mass is 35.5. The second-order valence-corrected chi connectivity index (χ2v) is 3.19. The maximum Gasteiger partial charge on any atom is 0.134 e. The smallest absolute Gasteiger partial charge is 0.134 e. The van der Waals surface area contributed by atoms with Gasteiger partial charge in [-0.3, -0.25) is 0 Å². The maximum atomic E-state index is 9.11. The molecule has 0 heterocycles. The molecule has 0 unspecified atom stereocenters. The minimum Gasteiger partial charge on any atom is -0.506 e. The van der Waals surface area contributed by atoms with Gasteiger partial charge in [-0.25, -0.2) is 0 Å². The molecule has 0 aliphatic carbocycles. The van der Waals surface area contributed by atoms with Gasteiger partial charge in [-0.05, 0) is 18.2 Å². The van der Waals surface area contributed by atoms with Gasteiger partial charge in [0, 0.05) is 17.9 Å². The summed E-state index contributed by atoms with van der Waals surface area (Å²) in [6.45, 7) is 0. The third-order valence-corrected chi connectivity index (χ3v) is 1.89. The Morgan fingerprint density at radius 3 is 2.77 bits per heavy atom. The second kappa shape index (κ2) is 5.01. The van der Waals surface area contributed by atoms with Crippen molar-refractivity contribution in [2.24, 2.45) is 0 Å². The molecular formula is C10H8Cl2O. The molecule has 0 radical (unpaired) electrons. The molecule has 68 valence electrons. The first kappa shape index (κ1) is 10.2. The molecule has 1 aromatic carbocycles. The SMILES string of the molecule is Oc1ccc(C#CCCCl)cc1Cl. The van der Waals surface area contributed by atoms with Crippen molar-refractivity contribution in [3.8, 4) is 17.6 Å². The average molecular weight is 215 g/mol. The van der Waals surface area contributed by atoms with E-state index in [0.717, 1.165) is 5.56 Å². The van der Waals surface area contributed by atoms with Crippen LogP contribution in [0, 0.1) is 11.8 Å². The number of phenols is 1. The van der Waals surface area contributed by atoms with Crippen molar-refractivity contribution in [1.82, 2.24) is 0 Å². The normalized spacial score (nSPS) is 9.08. The van der Waals surface area contributed by atoms with Crippen LogP contribution in [-0.4, -0.2) is 11.0 Å². The molecular weight excluding hydrogens is 207 g/mol. The van der Waals surface area contributed by atoms with Gasteiger partial charge in [0.2, 0.25) is 0 Å². The van der Waals surface area contributed by atoms with E-state index in [4.69, 9.17) is 28.3 Å². The summed E-state index contributed by atoms with van der Waals surface area (Å²) in [5, 5.41) is 9.43. The zero-order valence-electron chi connectivity index (χ0n) is 6.85. The van der Waals surface area contributed by atoms with E-state index in [1.165, 1.54) is 6.07 Å². The van der Waals surface area contributed by atoms with Crippen LogP contribution in [0.4, 0.5) is 0 Å². The first-order valence-corrected chi connectivity index (χ1v) is 4.68. The van der Waals surface area contributed by atoms with Crippen LogP contribution in [0.5, 0.6) is 5.75 Å². The summed E-state index contributed by atoms with van der Waals surface area (Å²) in [4.78, 5) is 0. The van der Waals surface area contributed by atoms with Crippen molar-refractivity contribution in [2.45, 2.75) is 6.42 Å². The molecule has 0 bridgehead atoms. The van der Waals surface area contributed by atoms with Crippen LogP contribution in [0.3, 0.4) is 0 Å². The fourth-order valence-electron chi connectivity index (χ4n) is 0.796. The van der Waals surface area contributed by atoms with Gasteiger partial charge in [0.15, 0.2) is 0 Å². The first-order chi connectivity index (χ1) is 6.24. The van der Waals surface area contributed by atoms with Crippen molar-refractivity contribution >= 4 is 23.2 Å². The van der Waals surface area contributed by atoms with E-state index in [-0.39, 0.29) is 5.75 Å². The number of aromatic hydroxyl groups is 1. The monoisotopic (exact) mass is 214 g/mol. The Labute approximate surface area is 87.3 Å². The van der Waals surface area contributed by atoms with Gasteiger partial charge in [-0.2, -0.15) is 0 Å². The number of benzene rings is 1. The molecule has 1 nitrogen and oxygen atoms in total. The van der Waals surface area contributed by atoms with Crippen LogP contribution >= 0.6 is 23.2 Å². The molecule has 0 saturated heterocycles. The topological polar surface area (TPSA) is 20.2 Å². The third kappa shape index (κ3) is 3.18. The van der Waals surface area contributed by atoms with Crippen LogP contribution in [0.1, 0.15) is 12.0 Å². The van der Waals surface area contributed by atoms with E-state index in [1.54, 1.807) is 12.1 Å². The third-order valence-electron chi connectivity index (χ3n) is 1.40. The molecule has 3 heteroatoms. The molecule has 0 aliphatic heterocycles. The fourth-order valence-corrected chi connectivity index (χ4v) is 1.07. The summed E-state index contributed by atoms with van der Waals surface area (Å²) in [6, 6.07) is 4.85. The van der Waals surface area contributed by atoms with Gasteiger partial charge in [0.05, 0.1) is 5.02 Å². The fraction of sp³-hybridized carbons (Fsp3) is 0.200. The van der Waals surface area contributed by atoms with E-state index in [1.807, 2.05) is 0 Å². The van der Waals surface area contributed by atoms with Crippen molar-refractivity contribution in [2.75, 3.05) is 5.88 Å². The number of hydrogen-bond acceptors (Lipinski definition) is 1. The van der Waals surface area contributed by atoms with E-state index in [0.29, 0.717) is 17.3 Å². The Kier molecular flexibility index (Phi) is 3.95. The van der Waals surface area contributed by atoms with Crippen molar-refractivity contribution < 1.29 is 5.11 Å². The van der Waals surface area contributed by atoms with Gasteiger partial charge in [-0.1, -0.05) is 23.4 Å². The molecule has 0 amide bonds. The van der Waals surface area contributed by atoms with Gasteiger partial charge >= 0.3 is 0 Å². The summed E-state index contributed by atoms with van der Waals surface area (Å²) in [5.41, 5.74) is 0.785. The Balaban J connectivity index is 2.81. The molecule has 0 atom stereocenters. The van der Waals surface area contributed by atoms with Crippen LogP contribution in [0.2, 0.25) is 5.02 Å². The average Bonchev–Trinajstić information content (AvgIpc) is 2.12. The molecule has 0 saturated carbocycles. The Morgan fingerprint density at radius 2 is 2.15 bits per heavy atom. The molecule has 0 spiro atoms. The molecule has 13 heavy (non-hydrogen) atoms. The molecule has 1 N–H and O–H groups in total. The Hall–Kier alpha value is -0.840. The van der Waals surface area contributed by atoms with Crippen LogP contribution in [0.25, 0.3) is 0 Å². The summed E-state index contributed by atoms with van der Waals surface area (Å²) >= 11 is 11.1. The highest BCUT2D eigenvalue weighted by Crippen LogP contribution is 2.22. The number of alkyl halides is 1. The highest BCUT2D eigenvalue weighted by Gasteiger charge is 1.96. The Bertz CT molecular complexity index is 350. The van der Waals surface area contributed by atoms with Gasteiger partial charge in [-0.15, -0.1) is 11.6 Å². The van der Waals surface area contributed by atoms with E-state index in [9.17, 15) is 0 Å². The van der Waals surface area contributed by atoms with Gasteiger partial charge in [0.1, 0.15) is 5.75 Å². The number of rotatable bonds is 1. The minimum atomic E-state index is 0.0737. The highest BCUT2D eigenvalue weighted by molar-refractivity contribution is 6.32. The number of phenolic OH excluding ortho intramolecular Hbond substituents is 1. The minimum absolute atomic E-state index is 0.0737. The number of hydrogen-bond donors (Lipinski definition) is 1. The molecule has 0 aliphatic rings. The van der Waals surface area contributed by atoms with Gasteiger partial charge in [0.25, 0.3) is 0 Å². The summed E-state index contributed by atoms with van der Waals surface area (Å²) in [7, 11) is 0. The predicted octanol–water partition coefficient (Wildman–Crippen LogP) is 3.03. The lowest BCUT2D eigenvalue weighted by Gasteiger charge is -1.95. The lowest BCUT2D eigenvalue weighted by Crippen LogP contribution is -1.75. The number of halogens is 2. The molecule has 1 rings (SSSR count). The molecule has 1 aromatic rings. The quantitative estimate of drug-likeness (QED) is 0.563. The molecule has 0 aromatic heterocycles. The van der Waals surface area contributed by atoms with Crippen molar-refractivity contribution in [1.29, 1.82) is 0 Å². The summed E-state index contributed by atoms with van der Waals surface area (Å²) < 4.78 is 0. The summed E-state index contributed by atoms with van der Waals surface area (Å²) in [6.07, 6.45) is 0.653. The van der Waals surface area contributed by atoms with E-state index >= 15 is 0 Å². The predicted molar refractivity (Wildman–Crippen MR) is 55.3 cm³/mol. The largest absolute Gasteiger partial charge is 0.506 e. The van der Waals surface area contributed by atoms with Crippen LogP contribution in [-0.2, 0) is 0 Å². The van der Waals surface area contributed by atoms with Crippen molar-refractivity contribution in [3.05, 3.63) is 28.8 Å². The standard InChI is InChI=1S/C10H8Cl2O/c11-6-2-1-3-8-4-5-10(13)9(12)7-8/h4-5,7,13H,2,6H2. The van der Waals surface area contributed by atoms with Crippen LogP contribution < -0.4 is 0 Å². The molecule has 0 fully saturated rings. The lowest BCUT2D eigenvalue weighted by molar-refractivity contribution is 0.475. The second-order valence-electron chi connectivity index (χ2n) is 2.41.